The highest BCUT2D eigenvalue weighted by atomic mass is 32.2. The summed E-state index contributed by atoms with van der Waals surface area (Å²) in [5.74, 6) is 0.861. The van der Waals surface area contributed by atoms with Crippen LogP contribution in [0.5, 0.6) is 5.75 Å². The van der Waals surface area contributed by atoms with Crippen LogP contribution in [0.15, 0.2) is 96.2 Å². The second-order valence-electron chi connectivity index (χ2n) is 7.77. The molecule has 0 aliphatic carbocycles. The van der Waals surface area contributed by atoms with Crippen LogP contribution in [0, 0.1) is 5.82 Å². The number of hydrogen-bond acceptors (Lipinski definition) is 5. The molecule has 1 aliphatic heterocycles. The lowest BCUT2D eigenvalue weighted by Gasteiger charge is -2.26. The van der Waals surface area contributed by atoms with Crippen LogP contribution in [0.3, 0.4) is 0 Å². The third-order valence-electron chi connectivity index (χ3n) is 5.66. The van der Waals surface area contributed by atoms with Crippen LogP contribution in [0.4, 0.5) is 15.8 Å². The Kier molecular flexibility index (Phi) is 6.18. The fourth-order valence-electron chi connectivity index (χ4n) is 4.01. The number of methoxy groups -OCH3 is 1. The lowest BCUT2D eigenvalue weighted by Crippen LogP contribution is -2.34. The summed E-state index contributed by atoms with van der Waals surface area (Å²) in [6, 6.07) is 25.1. The van der Waals surface area contributed by atoms with Crippen molar-refractivity contribution in [1.29, 1.82) is 0 Å². The lowest BCUT2D eigenvalue weighted by molar-refractivity contribution is 0.0981. The number of para-hydroxylation sites is 2. The standard InChI is InChI=1S/C27H22FN3O2S/c1-33-24-14-11-19(16-20(24)17-34-25-8-4-5-15-29-25)26-30-22-6-2-3-7-23(22)31(26)27(32)18-9-12-21(28)13-10-18/h2-16,26,30H,17H2,1H3. The van der Waals surface area contributed by atoms with Crippen molar-refractivity contribution in [2.75, 3.05) is 17.3 Å². The molecular weight excluding hydrogens is 449 g/mol. The number of pyridine rings is 1. The first kappa shape index (κ1) is 22.0. The predicted octanol–water partition coefficient (Wildman–Crippen LogP) is 6.29. The van der Waals surface area contributed by atoms with Crippen molar-refractivity contribution in [3.63, 3.8) is 0 Å². The SMILES string of the molecule is COc1ccc(C2Nc3ccccc3N2C(=O)c2ccc(F)cc2)cc1CSc1ccccn1. The Bertz CT molecular complexity index is 1320. The smallest absolute Gasteiger partial charge is 0.260 e. The van der Waals surface area contributed by atoms with Gasteiger partial charge in [-0.3, -0.25) is 9.69 Å². The number of ether oxygens (including phenoxy) is 1. The monoisotopic (exact) mass is 471 g/mol. The average molecular weight is 472 g/mol. The third kappa shape index (κ3) is 4.34. The van der Waals surface area contributed by atoms with E-state index in [-0.39, 0.29) is 11.7 Å². The van der Waals surface area contributed by atoms with Crippen molar-refractivity contribution in [1.82, 2.24) is 4.98 Å². The first-order valence-corrected chi connectivity index (χ1v) is 11.8. The second kappa shape index (κ2) is 9.57. The molecule has 0 spiro atoms. The Morgan fingerprint density at radius 3 is 2.62 bits per heavy atom. The highest BCUT2D eigenvalue weighted by Gasteiger charge is 2.35. The van der Waals surface area contributed by atoms with Crippen molar-refractivity contribution in [2.24, 2.45) is 0 Å². The first-order chi connectivity index (χ1) is 16.6. The molecule has 1 atom stereocenters. The summed E-state index contributed by atoms with van der Waals surface area (Å²) in [5, 5.41) is 4.40. The molecule has 0 saturated carbocycles. The molecule has 0 radical (unpaired) electrons. The van der Waals surface area contributed by atoms with Gasteiger partial charge in [-0.15, -0.1) is 11.8 Å². The Morgan fingerprint density at radius 2 is 1.85 bits per heavy atom. The zero-order chi connectivity index (χ0) is 23.5. The van der Waals surface area contributed by atoms with E-state index in [1.165, 1.54) is 24.3 Å². The van der Waals surface area contributed by atoms with E-state index in [2.05, 4.69) is 16.4 Å². The van der Waals surface area contributed by atoms with Crippen molar-refractivity contribution in [2.45, 2.75) is 16.9 Å². The highest BCUT2D eigenvalue weighted by Crippen LogP contribution is 2.43. The Hall–Kier alpha value is -3.84. The maximum atomic E-state index is 13.5. The van der Waals surface area contributed by atoms with E-state index in [9.17, 15) is 9.18 Å². The van der Waals surface area contributed by atoms with E-state index < -0.39 is 6.17 Å². The maximum absolute atomic E-state index is 13.5. The summed E-state index contributed by atoms with van der Waals surface area (Å²) >= 11 is 1.62. The summed E-state index contributed by atoms with van der Waals surface area (Å²) in [5.41, 5.74) is 3.99. The van der Waals surface area contributed by atoms with Gasteiger partial charge in [0.2, 0.25) is 0 Å². The molecule has 0 bridgehead atoms. The molecule has 34 heavy (non-hydrogen) atoms. The lowest BCUT2D eigenvalue weighted by atomic mass is 10.1. The Labute approximate surface area is 201 Å². The number of carbonyl (C=O) groups is 1. The van der Waals surface area contributed by atoms with Gasteiger partial charge in [0, 0.05) is 23.1 Å². The summed E-state index contributed by atoms with van der Waals surface area (Å²) in [7, 11) is 1.65. The minimum atomic E-state index is -0.417. The Morgan fingerprint density at radius 1 is 1.06 bits per heavy atom. The molecule has 2 heterocycles. The topological polar surface area (TPSA) is 54.5 Å². The zero-order valence-corrected chi connectivity index (χ0v) is 19.3. The van der Waals surface area contributed by atoms with E-state index in [0.717, 1.165) is 33.3 Å². The van der Waals surface area contributed by atoms with Gasteiger partial charge < -0.3 is 10.1 Å². The first-order valence-electron chi connectivity index (χ1n) is 10.8. The van der Waals surface area contributed by atoms with Crippen LogP contribution >= 0.6 is 11.8 Å². The van der Waals surface area contributed by atoms with E-state index in [1.54, 1.807) is 30.0 Å². The number of carbonyl (C=O) groups excluding carboxylic acids is 1. The highest BCUT2D eigenvalue weighted by molar-refractivity contribution is 7.98. The third-order valence-corrected chi connectivity index (χ3v) is 6.65. The molecule has 0 fully saturated rings. The number of hydrogen-bond donors (Lipinski definition) is 1. The van der Waals surface area contributed by atoms with Crippen molar-refractivity contribution in [3.05, 3.63) is 114 Å². The van der Waals surface area contributed by atoms with Gasteiger partial charge in [0.25, 0.3) is 5.91 Å². The van der Waals surface area contributed by atoms with Crippen LogP contribution in [-0.2, 0) is 5.75 Å². The molecule has 1 unspecified atom stereocenters. The normalized spacial score (nSPS) is 14.4. The molecule has 1 aliphatic rings. The fourth-order valence-corrected chi connectivity index (χ4v) is 4.85. The van der Waals surface area contributed by atoms with Crippen LogP contribution in [-0.4, -0.2) is 18.0 Å². The molecule has 7 heteroatoms. The van der Waals surface area contributed by atoms with Gasteiger partial charge in [-0.2, -0.15) is 0 Å². The van der Waals surface area contributed by atoms with Crippen molar-refractivity contribution >= 4 is 29.0 Å². The molecule has 1 aromatic heterocycles. The van der Waals surface area contributed by atoms with Gasteiger partial charge in [-0.25, -0.2) is 9.37 Å². The second-order valence-corrected chi connectivity index (χ2v) is 8.77. The number of fused-ring (bicyclic) bond motifs is 1. The molecule has 170 valence electrons. The molecular formula is C27H22FN3O2S. The number of nitrogens with one attached hydrogen (secondary N) is 1. The van der Waals surface area contributed by atoms with E-state index in [4.69, 9.17) is 4.74 Å². The Balaban J connectivity index is 1.49. The maximum Gasteiger partial charge on any atom is 0.260 e. The number of anilines is 2. The predicted molar refractivity (Wildman–Crippen MR) is 133 cm³/mol. The van der Waals surface area contributed by atoms with E-state index >= 15 is 0 Å². The fraction of sp³-hybridized carbons (Fsp3) is 0.111. The molecule has 5 rings (SSSR count). The number of nitrogens with zero attached hydrogens (tertiary/aromatic N) is 2. The summed E-state index contributed by atoms with van der Waals surface area (Å²) < 4.78 is 19.1. The summed E-state index contributed by atoms with van der Waals surface area (Å²) in [4.78, 5) is 19.7. The quantitative estimate of drug-likeness (QED) is 0.335. The van der Waals surface area contributed by atoms with Crippen LogP contribution in [0.25, 0.3) is 0 Å². The number of aromatic nitrogens is 1. The van der Waals surface area contributed by atoms with Gasteiger partial charge >= 0.3 is 0 Å². The van der Waals surface area contributed by atoms with Gasteiger partial charge in [0.15, 0.2) is 0 Å². The van der Waals surface area contributed by atoms with Crippen LogP contribution in [0.1, 0.15) is 27.7 Å². The summed E-state index contributed by atoms with van der Waals surface area (Å²) in [6.07, 6.45) is 1.36. The van der Waals surface area contributed by atoms with Gasteiger partial charge in [0.1, 0.15) is 17.7 Å². The minimum absolute atomic E-state index is 0.206. The molecule has 0 saturated heterocycles. The minimum Gasteiger partial charge on any atom is -0.496 e. The molecule has 3 aromatic carbocycles. The number of halogens is 1. The van der Waals surface area contributed by atoms with Gasteiger partial charge in [-0.05, 0) is 66.2 Å². The number of thioether (sulfide) groups is 1. The number of rotatable bonds is 6. The van der Waals surface area contributed by atoms with Crippen LogP contribution < -0.4 is 15.0 Å². The molecule has 5 nitrogen and oxygen atoms in total. The zero-order valence-electron chi connectivity index (χ0n) is 18.4. The summed E-state index contributed by atoms with van der Waals surface area (Å²) in [6.45, 7) is 0. The molecule has 4 aromatic rings. The van der Waals surface area contributed by atoms with E-state index in [0.29, 0.717) is 11.3 Å². The average Bonchev–Trinajstić information content (AvgIpc) is 3.27. The largest absolute Gasteiger partial charge is 0.496 e. The number of amides is 1. The molecule has 1 amide bonds. The van der Waals surface area contributed by atoms with Crippen molar-refractivity contribution < 1.29 is 13.9 Å². The van der Waals surface area contributed by atoms with Gasteiger partial charge in [-0.1, -0.05) is 24.3 Å². The number of benzene rings is 3. The van der Waals surface area contributed by atoms with Gasteiger partial charge in [0.05, 0.1) is 23.5 Å². The van der Waals surface area contributed by atoms with Crippen LogP contribution in [0.2, 0.25) is 0 Å². The van der Waals surface area contributed by atoms with Crippen molar-refractivity contribution in [3.8, 4) is 5.75 Å². The van der Waals surface area contributed by atoms with E-state index in [1.807, 2.05) is 54.6 Å². The molecule has 1 N–H and O–H groups in total.